The molecule has 4 rings (SSSR count). The van der Waals surface area contributed by atoms with Gasteiger partial charge in [0.1, 0.15) is 0 Å². The average Bonchev–Trinajstić information content (AvgIpc) is 2.55. The van der Waals surface area contributed by atoms with Gasteiger partial charge in [-0.3, -0.25) is 0 Å². The van der Waals surface area contributed by atoms with E-state index in [1.807, 2.05) is 0 Å². The highest BCUT2D eigenvalue weighted by molar-refractivity contribution is 5.86. The fourth-order valence-corrected chi connectivity index (χ4v) is 4.01. The van der Waals surface area contributed by atoms with E-state index in [9.17, 15) is 0 Å². The molecular weight excluding hydrogens is 258 g/mol. The molecule has 1 spiro atoms. The Kier molecular flexibility index (Phi) is 3.44. The van der Waals surface area contributed by atoms with Crippen molar-refractivity contribution >= 4 is 10.8 Å². The van der Waals surface area contributed by atoms with Gasteiger partial charge in [-0.25, -0.2) is 0 Å². The molecule has 2 aromatic rings. The molecule has 1 saturated heterocycles. The third kappa shape index (κ3) is 2.47. The lowest BCUT2D eigenvalue weighted by molar-refractivity contribution is -0.135. The maximum Gasteiger partial charge on any atom is 0.0963 e. The first kappa shape index (κ1) is 13.3. The Labute approximate surface area is 126 Å². The summed E-state index contributed by atoms with van der Waals surface area (Å²) in [5.41, 5.74) is 1.42. The molecule has 2 aliphatic rings. The molecule has 0 aromatic heterocycles. The minimum absolute atomic E-state index is 0.0815. The van der Waals surface area contributed by atoms with E-state index >= 15 is 0 Å². The molecule has 2 heteroatoms. The molecule has 0 amide bonds. The van der Waals surface area contributed by atoms with Gasteiger partial charge in [0.2, 0.25) is 0 Å². The molecule has 21 heavy (non-hydrogen) atoms. The fraction of sp³-hybridized carbons (Fsp3) is 0.474. The predicted octanol–water partition coefficient (Wildman–Crippen LogP) is 4.20. The molecule has 1 N–H and O–H groups in total. The smallest absolute Gasteiger partial charge is 0.0963 e. The van der Waals surface area contributed by atoms with Gasteiger partial charge in [0.25, 0.3) is 0 Å². The second-order valence-electron chi connectivity index (χ2n) is 6.55. The summed E-state index contributed by atoms with van der Waals surface area (Å²) in [7, 11) is 0. The van der Waals surface area contributed by atoms with E-state index in [0.29, 0.717) is 0 Å². The third-order valence-electron chi connectivity index (χ3n) is 5.10. The van der Waals surface area contributed by atoms with Crippen molar-refractivity contribution in [1.29, 1.82) is 0 Å². The monoisotopic (exact) mass is 281 g/mol. The summed E-state index contributed by atoms with van der Waals surface area (Å²) in [6.07, 6.45) is 6.59. The van der Waals surface area contributed by atoms with Crippen molar-refractivity contribution in [1.82, 2.24) is 5.32 Å². The zero-order chi connectivity index (χ0) is 14.1. The van der Waals surface area contributed by atoms with Crippen molar-refractivity contribution < 1.29 is 4.74 Å². The van der Waals surface area contributed by atoms with Crippen LogP contribution in [0.4, 0.5) is 0 Å². The summed E-state index contributed by atoms with van der Waals surface area (Å²) >= 11 is 0. The molecule has 110 valence electrons. The minimum Gasteiger partial charge on any atom is -0.364 e. The number of benzene rings is 2. The number of rotatable bonds is 1. The Morgan fingerprint density at radius 1 is 0.952 bits per heavy atom. The van der Waals surface area contributed by atoms with Crippen LogP contribution in [0, 0.1) is 0 Å². The van der Waals surface area contributed by atoms with Gasteiger partial charge >= 0.3 is 0 Å². The van der Waals surface area contributed by atoms with Crippen molar-refractivity contribution in [3.05, 3.63) is 48.0 Å². The third-order valence-corrected chi connectivity index (χ3v) is 5.10. The van der Waals surface area contributed by atoms with E-state index < -0.39 is 0 Å². The largest absolute Gasteiger partial charge is 0.364 e. The second kappa shape index (κ2) is 5.43. The Morgan fingerprint density at radius 3 is 2.67 bits per heavy atom. The maximum atomic E-state index is 6.65. The molecule has 1 saturated carbocycles. The van der Waals surface area contributed by atoms with Gasteiger partial charge in [-0.05, 0) is 29.2 Å². The lowest BCUT2D eigenvalue weighted by Gasteiger charge is -2.44. The normalized spacial score (nSPS) is 25.2. The van der Waals surface area contributed by atoms with Gasteiger partial charge in [-0.15, -0.1) is 0 Å². The van der Waals surface area contributed by atoms with E-state index in [0.717, 1.165) is 13.1 Å². The standard InChI is InChI=1S/C19H23NO/c1-4-11-19(12-5-1)14-20-13-18(21-19)17-10-6-8-15-7-2-3-9-16(15)17/h2-3,6-10,18,20H,1,4-5,11-14H2. The number of hydrogen-bond acceptors (Lipinski definition) is 2. The summed E-state index contributed by atoms with van der Waals surface area (Å²) < 4.78 is 6.65. The first-order valence-corrected chi connectivity index (χ1v) is 8.23. The van der Waals surface area contributed by atoms with E-state index in [1.165, 1.54) is 48.4 Å². The van der Waals surface area contributed by atoms with Crippen molar-refractivity contribution in [2.75, 3.05) is 13.1 Å². The first-order chi connectivity index (χ1) is 10.4. The van der Waals surface area contributed by atoms with Gasteiger partial charge in [0.15, 0.2) is 0 Å². The molecule has 0 bridgehead atoms. The topological polar surface area (TPSA) is 21.3 Å². The van der Waals surface area contributed by atoms with Crippen LogP contribution in [0.3, 0.4) is 0 Å². The van der Waals surface area contributed by atoms with Crippen molar-refractivity contribution in [3.63, 3.8) is 0 Å². The zero-order valence-electron chi connectivity index (χ0n) is 12.5. The van der Waals surface area contributed by atoms with E-state index in [1.54, 1.807) is 0 Å². The summed E-state index contributed by atoms with van der Waals surface area (Å²) in [4.78, 5) is 0. The number of fused-ring (bicyclic) bond motifs is 1. The van der Waals surface area contributed by atoms with Gasteiger partial charge in [0.05, 0.1) is 11.7 Å². The Bertz CT molecular complexity index is 619. The molecule has 1 atom stereocenters. The number of hydrogen-bond donors (Lipinski definition) is 1. The van der Waals surface area contributed by atoms with Gasteiger partial charge in [-0.2, -0.15) is 0 Å². The summed E-state index contributed by atoms with van der Waals surface area (Å²) in [5, 5.41) is 6.27. The van der Waals surface area contributed by atoms with Crippen LogP contribution in [0.15, 0.2) is 42.5 Å². The predicted molar refractivity (Wildman–Crippen MR) is 86.5 cm³/mol. The van der Waals surface area contributed by atoms with Crippen LogP contribution < -0.4 is 5.32 Å². The fourth-order valence-electron chi connectivity index (χ4n) is 4.01. The molecule has 1 aliphatic heterocycles. The van der Waals surface area contributed by atoms with Crippen molar-refractivity contribution in [3.8, 4) is 0 Å². The molecular formula is C19H23NO. The Morgan fingerprint density at radius 2 is 1.76 bits per heavy atom. The van der Waals surface area contributed by atoms with Gasteiger partial charge in [0, 0.05) is 13.1 Å². The van der Waals surface area contributed by atoms with Crippen molar-refractivity contribution in [2.45, 2.75) is 43.8 Å². The van der Waals surface area contributed by atoms with Crippen LogP contribution in [0.2, 0.25) is 0 Å². The summed E-state index contributed by atoms with van der Waals surface area (Å²) in [6, 6.07) is 15.2. The van der Waals surface area contributed by atoms with Gasteiger partial charge in [-0.1, -0.05) is 61.7 Å². The van der Waals surface area contributed by atoms with E-state index in [4.69, 9.17) is 4.74 Å². The highest BCUT2D eigenvalue weighted by Crippen LogP contribution is 2.39. The second-order valence-corrected chi connectivity index (χ2v) is 6.55. The maximum absolute atomic E-state index is 6.65. The summed E-state index contributed by atoms with van der Waals surface area (Å²) in [5.74, 6) is 0. The van der Waals surface area contributed by atoms with E-state index in [-0.39, 0.29) is 11.7 Å². The minimum atomic E-state index is 0.0815. The van der Waals surface area contributed by atoms with Crippen LogP contribution >= 0.6 is 0 Å². The Balaban J connectivity index is 1.68. The van der Waals surface area contributed by atoms with Gasteiger partial charge < -0.3 is 10.1 Å². The quantitative estimate of drug-likeness (QED) is 0.845. The molecule has 1 unspecified atom stereocenters. The highest BCUT2D eigenvalue weighted by atomic mass is 16.5. The van der Waals surface area contributed by atoms with Crippen LogP contribution in [-0.2, 0) is 4.74 Å². The van der Waals surface area contributed by atoms with E-state index in [2.05, 4.69) is 47.8 Å². The molecule has 1 heterocycles. The highest BCUT2D eigenvalue weighted by Gasteiger charge is 2.38. The first-order valence-electron chi connectivity index (χ1n) is 8.23. The zero-order valence-corrected chi connectivity index (χ0v) is 12.5. The van der Waals surface area contributed by atoms with Crippen LogP contribution in [0.1, 0.15) is 43.8 Å². The van der Waals surface area contributed by atoms with Crippen LogP contribution in [0.25, 0.3) is 10.8 Å². The molecule has 0 radical (unpaired) electrons. The SMILES string of the molecule is c1ccc2c(C3CNCC4(CCCCC4)O3)cccc2c1. The number of morpholine rings is 1. The number of nitrogens with one attached hydrogen (secondary N) is 1. The lowest BCUT2D eigenvalue weighted by Crippen LogP contribution is -2.51. The van der Waals surface area contributed by atoms with Crippen LogP contribution in [0.5, 0.6) is 0 Å². The molecule has 2 aromatic carbocycles. The average molecular weight is 281 g/mol. The molecule has 2 nitrogen and oxygen atoms in total. The lowest BCUT2D eigenvalue weighted by atomic mass is 9.83. The molecule has 1 aliphatic carbocycles. The van der Waals surface area contributed by atoms with Crippen LogP contribution in [-0.4, -0.2) is 18.7 Å². The Hall–Kier alpha value is -1.38. The molecule has 2 fully saturated rings. The van der Waals surface area contributed by atoms with Crippen molar-refractivity contribution in [2.24, 2.45) is 0 Å². The summed E-state index contributed by atoms with van der Waals surface area (Å²) in [6.45, 7) is 1.95. The number of ether oxygens (including phenoxy) is 1.